The van der Waals surface area contributed by atoms with Gasteiger partial charge in [0.05, 0.1) is 13.5 Å². The quantitative estimate of drug-likeness (QED) is 0.680. The minimum Gasteiger partial charge on any atom is -0.469 e. The summed E-state index contributed by atoms with van der Waals surface area (Å²) in [6, 6.07) is 18.9. The summed E-state index contributed by atoms with van der Waals surface area (Å²) in [6.45, 7) is 2.08. The van der Waals surface area contributed by atoms with E-state index >= 15 is 0 Å². The highest BCUT2D eigenvalue weighted by Gasteiger charge is 2.10. The molecule has 3 nitrogen and oxygen atoms in total. The van der Waals surface area contributed by atoms with Crippen LogP contribution in [0.3, 0.4) is 0 Å². The summed E-state index contributed by atoms with van der Waals surface area (Å²) in [4.78, 5) is 11.4. The second-order valence-electron chi connectivity index (χ2n) is 5.41. The third-order valence-corrected chi connectivity index (χ3v) is 3.96. The molecule has 0 saturated carbocycles. The third-order valence-electron chi connectivity index (χ3n) is 3.96. The number of ether oxygens (including phenoxy) is 1. The van der Waals surface area contributed by atoms with Crippen molar-refractivity contribution in [1.29, 1.82) is 0 Å². The predicted molar refractivity (Wildman–Crippen MR) is 88.3 cm³/mol. The molecule has 0 bridgehead atoms. The summed E-state index contributed by atoms with van der Waals surface area (Å²) in [5.41, 5.74) is 3.41. The van der Waals surface area contributed by atoms with E-state index < -0.39 is 0 Å². The molecule has 0 saturated heterocycles. The Kier molecular flexibility index (Phi) is 3.96. The van der Waals surface area contributed by atoms with Crippen molar-refractivity contribution in [1.82, 2.24) is 4.57 Å². The molecule has 22 heavy (non-hydrogen) atoms. The molecule has 0 aliphatic rings. The van der Waals surface area contributed by atoms with Crippen molar-refractivity contribution in [2.75, 3.05) is 7.11 Å². The Morgan fingerprint density at radius 1 is 1.05 bits per heavy atom. The van der Waals surface area contributed by atoms with E-state index in [1.807, 2.05) is 12.1 Å². The van der Waals surface area contributed by atoms with Gasteiger partial charge in [0.15, 0.2) is 0 Å². The van der Waals surface area contributed by atoms with Crippen LogP contribution in [-0.4, -0.2) is 17.6 Å². The number of benzene rings is 2. The van der Waals surface area contributed by atoms with Crippen LogP contribution in [0.15, 0.2) is 54.6 Å². The third kappa shape index (κ3) is 2.75. The molecular weight excluding hydrogens is 274 g/mol. The van der Waals surface area contributed by atoms with Crippen LogP contribution in [0.5, 0.6) is 0 Å². The molecule has 0 fully saturated rings. The minimum atomic E-state index is -0.177. The van der Waals surface area contributed by atoms with Crippen LogP contribution in [0.1, 0.15) is 17.8 Å². The Balaban J connectivity index is 1.98. The number of hydrogen-bond donors (Lipinski definition) is 0. The summed E-state index contributed by atoms with van der Waals surface area (Å²) >= 11 is 0. The first-order valence-corrected chi connectivity index (χ1v) is 7.42. The first kappa shape index (κ1) is 14.4. The van der Waals surface area contributed by atoms with Crippen molar-refractivity contribution >= 4 is 16.7 Å². The molecular formula is C19H19NO2. The summed E-state index contributed by atoms with van der Waals surface area (Å²) in [5, 5.41) is 2.44. The normalized spacial score (nSPS) is 10.8. The molecule has 0 N–H and O–H groups in total. The minimum absolute atomic E-state index is 0.177. The number of aromatic nitrogens is 1. The first-order chi connectivity index (χ1) is 10.7. The van der Waals surface area contributed by atoms with Gasteiger partial charge in [-0.25, -0.2) is 0 Å². The van der Waals surface area contributed by atoms with Crippen LogP contribution in [0.2, 0.25) is 0 Å². The van der Waals surface area contributed by atoms with Crippen molar-refractivity contribution in [2.24, 2.45) is 0 Å². The lowest BCUT2D eigenvalue weighted by Gasteiger charge is -2.12. The Bertz CT molecular complexity index is 817. The van der Waals surface area contributed by atoms with Crippen molar-refractivity contribution in [3.05, 3.63) is 66.0 Å². The zero-order chi connectivity index (χ0) is 15.5. The van der Waals surface area contributed by atoms with Crippen molar-refractivity contribution < 1.29 is 9.53 Å². The molecule has 0 radical (unpaired) electrons. The Hall–Kier alpha value is -2.55. The summed E-state index contributed by atoms with van der Waals surface area (Å²) < 4.78 is 6.94. The average Bonchev–Trinajstić information content (AvgIpc) is 2.92. The van der Waals surface area contributed by atoms with Gasteiger partial charge in [-0.3, -0.25) is 4.79 Å². The zero-order valence-electron chi connectivity index (χ0n) is 12.9. The van der Waals surface area contributed by atoms with Gasteiger partial charge >= 0.3 is 5.97 Å². The lowest BCUT2D eigenvalue weighted by atomic mass is 10.1. The summed E-state index contributed by atoms with van der Waals surface area (Å²) in [7, 11) is 1.43. The van der Waals surface area contributed by atoms with Crippen LogP contribution < -0.4 is 0 Å². The highest BCUT2D eigenvalue weighted by atomic mass is 16.5. The molecule has 3 aromatic rings. The molecule has 0 aliphatic carbocycles. The summed E-state index contributed by atoms with van der Waals surface area (Å²) in [6.07, 6.45) is 1.07. The molecule has 2 aromatic carbocycles. The molecule has 0 amide bonds. The maximum Gasteiger partial charge on any atom is 0.305 e. The largest absolute Gasteiger partial charge is 0.469 e. The number of methoxy groups -OCH3 is 1. The smallest absolute Gasteiger partial charge is 0.305 e. The van der Waals surface area contributed by atoms with Gasteiger partial charge in [0.1, 0.15) is 0 Å². The maximum atomic E-state index is 11.4. The number of carbonyl (C=O) groups excluding carboxylic acids is 1. The Labute approximate surface area is 130 Å². The van der Waals surface area contributed by atoms with Crippen molar-refractivity contribution in [3.63, 3.8) is 0 Å². The van der Waals surface area contributed by atoms with Gasteiger partial charge in [0.25, 0.3) is 0 Å². The highest BCUT2D eigenvalue weighted by molar-refractivity contribution is 5.84. The number of rotatable bonds is 4. The van der Waals surface area contributed by atoms with Crippen LogP contribution in [0, 0.1) is 6.92 Å². The van der Waals surface area contributed by atoms with E-state index in [1.54, 1.807) is 0 Å². The second-order valence-corrected chi connectivity index (χ2v) is 5.41. The lowest BCUT2D eigenvalue weighted by Crippen LogP contribution is -2.06. The maximum absolute atomic E-state index is 11.4. The van der Waals surface area contributed by atoms with Gasteiger partial charge in [-0.2, -0.15) is 0 Å². The fraction of sp³-hybridized carbons (Fsp3) is 0.211. The van der Waals surface area contributed by atoms with E-state index in [1.165, 1.54) is 17.9 Å². The standard InChI is InChI=1S/C19H19NO2/c1-14-7-9-17(11-12-19(21)22-2)20(14)18-10-8-15-5-3-4-6-16(15)13-18/h3-10,13H,11-12H2,1-2H3. The fourth-order valence-corrected chi connectivity index (χ4v) is 2.80. The molecule has 0 spiro atoms. The SMILES string of the molecule is COC(=O)CCc1ccc(C)n1-c1ccc2ccccc2c1. The van der Waals surface area contributed by atoms with E-state index in [2.05, 4.69) is 54.0 Å². The molecule has 0 unspecified atom stereocenters. The Morgan fingerprint density at radius 3 is 2.59 bits per heavy atom. The van der Waals surface area contributed by atoms with E-state index in [0.717, 1.165) is 17.1 Å². The van der Waals surface area contributed by atoms with Crippen LogP contribution in [0.4, 0.5) is 0 Å². The number of esters is 1. The van der Waals surface area contributed by atoms with Crippen molar-refractivity contribution in [3.8, 4) is 5.69 Å². The Morgan fingerprint density at radius 2 is 1.82 bits per heavy atom. The molecule has 3 heteroatoms. The number of nitrogens with zero attached hydrogens (tertiary/aromatic N) is 1. The molecule has 0 aliphatic heterocycles. The fourth-order valence-electron chi connectivity index (χ4n) is 2.80. The monoisotopic (exact) mass is 293 g/mol. The second kappa shape index (κ2) is 6.06. The first-order valence-electron chi connectivity index (χ1n) is 7.42. The molecule has 1 aromatic heterocycles. The van der Waals surface area contributed by atoms with Gasteiger partial charge < -0.3 is 9.30 Å². The van der Waals surface area contributed by atoms with E-state index in [9.17, 15) is 4.79 Å². The lowest BCUT2D eigenvalue weighted by molar-refractivity contribution is -0.140. The predicted octanol–water partition coefficient (Wildman–Crippen LogP) is 4.04. The molecule has 0 atom stereocenters. The number of aryl methyl sites for hydroxylation is 2. The van der Waals surface area contributed by atoms with Gasteiger partial charge in [0.2, 0.25) is 0 Å². The molecule has 1 heterocycles. The van der Waals surface area contributed by atoms with Crippen LogP contribution in [0.25, 0.3) is 16.5 Å². The van der Waals surface area contributed by atoms with Gasteiger partial charge in [-0.05, 0) is 48.4 Å². The number of hydrogen-bond acceptors (Lipinski definition) is 2. The van der Waals surface area contributed by atoms with Gasteiger partial charge in [-0.15, -0.1) is 0 Å². The van der Waals surface area contributed by atoms with Crippen molar-refractivity contribution in [2.45, 2.75) is 19.8 Å². The molecule has 3 rings (SSSR count). The van der Waals surface area contributed by atoms with Gasteiger partial charge in [-0.1, -0.05) is 30.3 Å². The van der Waals surface area contributed by atoms with E-state index in [4.69, 9.17) is 4.74 Å². The highest BCUT2D eigenvalue weighted by Crippen LogP contribution is 2.22. The molecule has 112 valence electrons. The van der Waals surface area contributed by atoms with E-state index in [-0.39, 0.29) is 5.97 Å². The average molecular weight is 293 g/mol. The van der Waals surface area contributed by atoms with Crippen LogP contribution in [-0.2, 0) is 16.0 Å². The summed E-state index contributed by atoms with van der Waals surface area (Å²) in [5.74, 6) is -0.177. The zero-order valence-corrected chi connectivity index (χ0v) is 12.9. The number of carbonyl (C=O) groups is 1. The topological polar surface area (TPSA) is 31.2 Å². The van der Waals surface area contributed by atoms with Gasteiger partial charge in [0, 0.05) is 17.1 Å². The van der Waals surface area contributed by atoms with Crippen LogP contribution >= 0.6 is 0 Å². The van der Waals surface area contributed by atoms with E-state index in [0.29, 0.717) is 12.8 Å². The number of fused-ring (bicyclic) bond motifs is 1.